The molecule has 3 unspecified atom stereocenters. The molecule has 0 bridgehead atoms. The van der Waals surface area contributed by atoms with Crippen molar-refractivity contribution in [1.82, 2.24) is 51.2 Å². The molecule has 8 N–H and O–H groups in total. The van der Waals surface area contributed by atoms with Crippen LogP contribution in [0.15, 0.2) is 94.3 Å². The first kappa shape index (κ1) is 62.7. The Labute approximate surface area is 490 Å². The molecule has 1 aromatic heterocycles. The number of thiazole rings is 1. The zero-order valence-corrected chi connectivity index (χ0v) is 50.6. The standard InChI is InChI=1S/C63H92N10O8S/c1-9-72(50-19-28-81-29-20-50)54-33-49(32-52(43(54)4)59(76)67-36-53-41(2)31-42(3)69-60(53)77)47-15-13-46(14-16-47)37-70-23-25-71(26-24-70)39-56(75)64-22-30-80-27-10-21-65-58(63(6,7)8)62(79)73-38-51(74)34-55(73)61(78)66-35-45-11-17-48(18-12-45)57-44(5)68-40-82-57/h11-18,31,33,40,50-52,55,58-60,65,67,69,74,76-77H,9-10,19-30,32,34-39H2,1-8H3,(H,64,75)(H,66,78)/t51-,52?,55+,58-,59?,60?/m1/s1. The lowest BCUT2D eigenvalue weighted by molar-refractivity contribution is -0.142. The molecule has 4 aliphatic heterocycles. The third-order valence-corrected chi connectivity index (χ3v) is 17.8. The zero-order chi connectivity index (χ0) is 58.5. The number of β-amino-alcohol motifs (C(OH)–C–C–N with tert-alkyl or cyclic N) is 1. The summed E-state index contributed by atoms with van der Waals surface area (Å²) in [5, 5.41) is 49.2. The number of aromatic nitrogens is 1. The second-order valence-corrected chi connectivity index (χ2v) is 24.8. The topological polar surface area (TPSA) is 216 Å². The van der Waals surface area contributed by atoms with Gasteiger partial charge < -0.3 is 55.9 Å². The number of piperazine rings is 1. The molecule has 448 valence electrons. The summed E-state index contributed by atoms with van der Waals surface area (Å²) in [6.07, 6.45) is 5.43. The number of rotatable bonds is 25. The molecular formula is C63H92N10O8S. The molecule has 18 nitrogen and oxygen atoms in total. The summed E-state index contributed by atoms with van der Waals surface area (Å²) < 4.78 is 11.6. The summed E-state index contributed by atoms with van der Waals surface area (Å²) in [5.74, 6) is -0.677. The molecule has 8 rings (SSSR count). The fraction of sp³-hybridized carbons (Fsp3) is 0.587. The number of hydrogen-bond donors (Lipinski definition) is 8. The van der Waals surface area contributed by atoms with Gasteiger partial charge in [-0.2, -0.15) is 0 Å². The number of carbonyl (C=O) groups excluding carboxylic acids is 3. The summed E-state index contributed by atoms with van der Waals surface area (Å²) in [6.45, 7) is 25.6. The minimum Gasteiger partial charge on any atom is -0.391 e. The molecule has 1 aliphatic carbocycles. The van der Waals surface area contributed by atoms with Crippen LogP contribution < -0.4 is 26.6 Å². The van der Waals surface area contributed by atoms with Gasteiger partial charge >= 0.3 is 0 Å². The number of aliphatic hydroxyl groups excluding tert-OH is 3. The molecule has 3 fully saturated rings. The van der Waals surface area contributed by atoms with Crippen molar-refractivity contribution in [2.24, 2.45) is 11.3 Å². The zero-order valence-electron chi connectivity index (χ0n) is 49.8. The predicted octanol–water partition coefficient (Wildman–Crippen LogP) is 5.27. The molecule has 3 amide bonds. The molecule has 2 aromatic carbocycles. The van der Waals surface area contributed by atoms with Crippen LogP contribution in [-0.4, -0.2) is 186 Å². The number of allylic oxidation sites excluding steroid dienone is 5. The molecule has 3 aromatic rings. The van der Waals surface area contributed by atoms with Gasteiger partial charge in [0.25, 0.3) is 0 Å². The first-order valence-corrected chi connectivity index (χ1v) is 30.6. The van der Waals surface area contributed by atoms with Crippen molar-refractivity contribution in [2.75, 3.05) is 91.9 Å². The number of amides is 3. The van der Waals surface area contributed by atoms with Gasteiger partial charge in [0.2, 0.25) is 17.7 Å². The molecule has 3 saturated heterocycles. The van der Waals surface area contributed by atoms with Gasteiger partial charge in [-0.05, 0) is 129 Å². The molecule has 5 aliphatic rings. The number of nitrogens with one attached hydrogen (secondary N) is 5. The van der Waals surface area contributed by atoms with Crippen LogP contribution in [0, 0.1) is 18.3 Å². The summed E-state index contributed by atoms with van der Waals surface area (Å²) in [5.41, 5.74) is 13.0. The Morgan fingerprint density at radius 1 is 0.878 bits per heavy atom. The van der Waals surface area contributed by atoms with Gasteiger partial charge in [0.1, 0.15) is 18.5 Å². The van der Waals surface area contributed by atoms with Crippen molar-refractivity contribution in [1.29, 1.82) is 0 Å². The Kier molecular flexibility index (Phi) is 22.5. The van der Waals surface area contributed by atoms with Crippen molar-refractivity contribution in [3.05, 3.63) is 117 Å². The molecule has 19 heteroatoms. The van der Waals surface area contributed by atoms with Gasteiger partial charge in [-0.1, -0.05) is 69.3 Å². The Morgan fingerprint density at radius 3 is 2.24 bits per heavy atom. The maximum Gasteiger partial charge on any atom is 0.243 e. The second kappa shape index (κ2) is 29.5. The highest BCUT2D eigenvalue weighted by Gasteiger charge is 2.44. The maximum atomic E-state index is 14.1. The predicted molar refractivity (Wildman–Crippen MR) is 323 cm³/mol. The van der Waals surface area contributed by atoms with Gasteiger partial charge in [-0.3, -0.25) is 29.5 Å². The number of aliphatic hydroxyl groups is 3. The number of dihydropyridines is 1. The molecular weight excluding hydrogens is 1060 g/mol. The highest BCUT2D eigenvalue weighted by Crippen LogP contribution is 2.39. The van der Waals surface area contributed by atoms with Crippen LogP contribution in [0.4, 0.5) is 0 Å². The third kappa shape index (κ3) is 16.7. The highest BCUT2D eigenvalue weighted by molar-refractivity contribution is 7.13. The van der Waals surface area contributed by atoms with Crippen LogP contribution in [0.1, 0.15) is 103 Å². The van der Waals surface area contributed by atoms with E-state index in [0.29, 0.717) is 64.8 Å². The lowest BCUT2D eigenvalue weighted by Crippen LogP contribution is -2.56. The van der Waals surface area contributed by atoms with Crippen molar-refractivity contribution in [2.45, 2.75) is 137 Å². The lowest BCUT2D eigenvalue weighted by Gasteiger charge is -2.41. The summed E-state index contributed by atoms with van der Waals surface area (Å²) in [7, 11) is 0. The molecule has 0 spiro atoms. The maximum absolute atomic E-state index is 14.1. The van der Waals surface area contributed by atoms with Gasteiger partial charge in [-0.15, -0.1) is 11.3 Å². The molecule has 5 heterocycles. The number of likely N-dealkylation sites (tertiary alicyclic amines) is 1. The fourth-order valence-electron chi connectivity index (χ4n) is 12.1. The van der Waals surface area contributed by atoms with Crippen molar-refractivity contribution in [3.8, 4) is 10.4 Å². The average molecular weight is 1150 g/mol. The summed E-state index contributed by atoms with van der Waals surface area (Å²) in [4.78, 5) is 54.7. The van der Waals surface area contributed by atoms with Crippen LogP contribution in [0.5, 0.6) is 0 Å². The van der Waals surface area contributed by atoms with E-state index in [1.54, 1.807) is 11.3 Å². The van der Waals surface area contributed by atoms with Crippen molar-refractivity contribution < 1.29 is 39.2 Å². The number of benzene rings is 2. The van der Waals surface area contributed by atoms with Crippen LogP contribution in [-0.2, 0) is 36.9 Å². The van der Waals surface area contributed by atoms with E-state index in [4.69, 9.17) is 9.47 Å². The smallest absolute Gasteiger partial charge is 0.243 e. The van der Waals surface area contributed by atoms with Crippen molar-refractivity contribution in [3.63, 3.8) is 0 Å². The first-order valence-electron chi connectivity index (χ1n) is 29.7. The van der Waals surface area contributed by atoms with Crippen LogP contribution >= 0.6 is 11.3 Å². The second-order valence-electron chi connectivity index (χ2n) is 24.0. The van der Waals surface area contributed by atoms with Gasteiger partial charge in [0.15, 0.2) is 0 Å². The van der Waals surface area contributed by atoms with E-state index in [0.717, 1.165) is 109 Å². The normalized spacial score (nSPS) is 22.2. The van der Waals surface area contributed by atoms with E-state index >= 15 is 0 Å². The lowest BCUT2D eigenvalue weighted by atomic mass is 9.81. The number of hydrogen-bond acceptors (Lipinski definition) is 16. The molecule has 0 saturated carbocycles. The highest BCUT2D eigenvalue weighted by atomic mass is 32.1. The van der Waals surface area contributed by atoms with E-state index in [1.807, 2.05) is 77.4 Å². The van der Waals surface area contributed by atoms with E-state index in [9.17, 15) is 29.7 Å². The number of nitrogens with zero attached hydrogens (tertiary/aromatic N) is 5. The monoisotopic (exact) mass is 1150 g/mol. The van der Waals surface area contributed by atoms with Gasteiger partial charge in [-0.25, -0.2) is 4.98 Å². The summed E-state index contributed by atoms with van der Waals surface area (Å²) >= 11 is 1.59. The van der Waals surface area contributed by atoms with Crippen LogP contribution in [0.2, 0.25) is 0 Å². The van der Waals surface area contributed by atoms with E-state index in [1.165, 1.54) is 27.3 Å². The Hall–Kier alpha value is -5.32. The average Bonchev–Trinajstić information content (AvgIpc) is 4.02. The first-order chi connectivity index (χ1) is 39.4. The van der Waals surface area contributed by atoms with Crippen LogP contribution in [0.3, 0.4) is 0 Å². The van der Waals surface area contributed by atoms with E-state index < -0.39 is 36.1 Å². The quantitative estimate of drug-likeness (QED) is 0.0401. The number of carbonyl (C=O) groups is 3. The Balaban J connectivity index is 0.732. The van der Waals surface area contributed by atoms with Gasteiger partial charge in [0, 0.05) is 115 Å². The fourth-order valence-corrected chi connectivity index (χ4v) is 12.9. The minimum absolute atomic E-state index is 0.0257. The van der Waals surface area contributed by atoms with Gasteiger partial charge in [0.05, 0.1) is 41.4 Å². The van der Waals surface area contributed by atoms with Crippen LogP contribution in [0.25, 0.3) is 16.0 Å². The number of likely N-dealkylation sites (N-methyl/N-ethyl adjacent to an activating group) is 1. The molecule has 6 atom stereocenters. The minimum atomic E-state index is -0.817. The van der Waals surface area contributed by atoms with E-state index in [2.05, 4.69) is 90.5 Å². The third-order valence-electron chi connectivity index (χ3n) is 16.9. The molecule has 0 radical (unpaired) electrons. The number of aryl methyl sites for hydroxylation is 1. The Morgan fingerprint density at radius 2 is 1.57 bits per heavy atom. The Bertz CT molecular complexity index is 2740. The SMILES string of the molecule is CCN(C1=C(C)C(C(O)NCC2=C(C)C=C(C)NC2O)CC(c2ccc(CN3CCN(CC(=O)NCCOCCCN[C@H](C(=O)N4C[C@H](O)C[C@H]4C(=O)NCc4ccc(-c5scnc5C)cc4)C(C)(C)C)CC3)cc2)=C1)C1CCOCC1. The molecule has 82 heavy (non-hydrogen) atoms. The van der Waals surface area contributed by atoms with E-state index in [-0.39, 0.29) is 36.6 Å². The largest absolute Gasteiger partial charge is 0.391 e. The van der Waals surface area contributed by atoms with Crippen molar-refractivity contribution >= 4 is 34.6 Å². The summed E-state index contributed by atoms with van der Waals surface area (Å²) in [6, 6.07) is 15.9. The number of ether oxygens (including phenoxy) is 2.